The van der Waals surface area contributed by atoms with Crippen LogP contribution in [0.4, 0.5) is 0 Å². The second-order valence-corrected chi connectivity index (χ2v) is 5.02. The first kappa shape index (κ1) is 10.9. The molecule has 1 unspecified atom stereocenters. The van der Waals surface area contributed by atoms with Crippen LogP contribution in [0.5, 0.6) is 0 Å². The van der Waals surface area contributed by atoms with Gasteiger partial charge in [0.15, 0.2) is 0 Å². The summed E-state index contributed by atoms with van der Waals surface area (Å²) < 4.78 is 5.84. The smallest absolute Gasteiger partial charge is 0.113 e. The Hall–Kier alpha value is -0.570. The van der Waals surface area contributed by atoms with Gasteiger partial charge in [-0.2, -0.15) is 0 Å². The van der Waals surface area contributed by atoms with Crippen molar-refractivity contribution in [2.45, 2.75) is 32.1 Å². The van der Waals surface area contributed by atoms with Gasteiger partial charge in [-0.05, 0) is 31.5 Å². The van der Waals surface area contributed by atoms with Gasteiger partial charge < -0.3 is 4.74 Å². The zero-order valence-electron chi connectivity index (χ0n) is 9.09. The molecule has 0 amide bonds. The van der Waals surface area contributed by atoms with Gasteiger partial charge in [-0.1, -0.05) is 23.7 Å². The lowest BCUT2D eigenvalue weighted by Crippen LogP contribution is -2.24. The van der Waals surface area contributed by atoms with Crippen molar-refractivity contribution in [2.24, 2.45) is 0 Å². The summed E-state index contributed by atoms with van der Waals surface area (Å²) in [6, 6.07) is 7.91. The number of nitrogens with one attached hydrogen (secondary N) is 1. The highest BCUT2D eigenvalue weighted by molar-refractivity contribution is 6.30. The van der Waals surface area contributed by atoms with E-state index in [1.807, 2.05) is 18.2 Å². The Morgan fingerprint density at radius 3 is 2.93 bits per heavy atom. The SMILES string of the molecule is CC1(C)CNC(Cc2cccc(Cl)c2)O1. The molecule has 0 spiro atoms. The maximum absolute atomic E-state index is 5.93. The molecule has 1 saturated heterocycles. The highest BCUT2D eigenvalue weighted by Gasteiger charge is 2.30. The van der Waals surface area contributed by atoms with Crippen LogP contribution < -0.4 is 5.32 Å². The van der Waals surface area contributed by atoms with Gasteiger partial charge in [0.25, 0.3) is 0 Å². The summed E-state index contributed by atoms with van der Waals surface area (Å²) in [5.41, 5.74) is 1.15. The molecule has 0 saturated carbocycles. The maximum atomic E-state index is 5.93. The first-order valence-electron chi connectivity index (χ1n) is 5.21. The zero-order chi connectivity index (χ0) is 10.9. The van der Waals surface area contributed by atoms with E-state index in [0.29, 0.717) is 0 Å². The Kier molecular flexibility index (Phi) is 3.01. The molecule has 2 rings (SSSR count). The normalized spacial score (nSPS) is 24.3. The number of rotatable bonds is 2. The van der Waals surface area contributed by atoms with Crippen molar-refractivity contribution in [1.29, 1.82) is 0 Å². The summed E-state index contributed by atoms with van der Waals surface area (Å²) in [6.45, 7) is 5.09. The predicted octanol–water partition coefficient (Wildman–Crippen LogP) is 2.61. The molecule has 1 fully saturated rings. The van der Waals surface area contributed by atoms with Crippen LogP contribution >= 0.6 is 11.6 Å². The minimum absolute atomic E-state index is 0.0523. The fraction of sp³-hybridized carbons (Fsp3) is 0.500. The van der Waals surface area contributed by atoms with Crippen LogP contribution in [0.2, 0.25) is 5.02 Å². The third kappa shape index (κ3) is 2.94. The second-order valence-electron chi connectivity index (χ2n) is 4.58. The van der Waals surface area contributed by atoms with E-state index >= 15 is 0 Å². The average Bonchev–Trinajstić information content (AvgIpc) is 2.45. The second kappa shape index (κ2) is 4.12. The summed E-state index contributed by atoms with van der Waals surface area (Å²) in [4.78, 5) is 0. The molecule has 82 valence electrons. The van der Waals surface area contributed by atoms with Gasteiger partial charge in [-0.15, -0.1) is 0 Å². The molecule has 1 aliphatic heterocycles. The molecule has 0 aromatic heterocycles. The van der Waals surface area contributed by atoms with Crippen molar-refractivity contribution in [2.75, 3.05) is 6.54 Å². The van der Waals surface area contributed by atoms with E-state index in [1.54, 1.807) is 0 Å². The Bertz CT molecular complexity index is 351. The summed E-state index contributed by atoms with van der Waals surface area (Å²) in [6.07, 6.45) is 0.975. The van der Waals surface area contributed by atoms with Crippen molar-refractivity contribution in [3.63, 3.8) is 0 Å². The first-order chi connectivity index (χ1) is 7.05. The Labute approximate surface area is 95.6 Å². The number of benzene rings is 1. The maximum Gasteiger partial charge on any atom is 0.113 e. The van der Waals surface area contributed by atoms with Gasteiger partial charge in [0.2, 0.25) is 0 Å². The third-order valence-electron chi connectivity index (χ3n) is 2.53. The highest BCUT2D eigenvalue weighted by Crippen LogP contribution is 2.20. The number of hydrogen-bond donors (Lipinski definition) is 1. The van der Waals surface area contributed by atoms with Gasteiger partial charge >= 0.3 is 0 Å². The van der Waals surface area contributed by atoms with Crippen LogP contribution in [0.1, 0.15) is 19.4 Å². The van der Waals surface area contributed by atoms with Crippen LogP contribution in [0, 0.1) is 0 Å². The molecule has 1 N–H and O–H groups in total. The minimum Gasteiger partial charge on any atom is -0.356 e. The Morgan fingerprint density at radius 2 is 2.33 bits per heavy atom. The largest absolute Gasteiger partial charge is 0.356 e. The van der Waals surface area contributed by atoms with Crippen LogP contribution in [-0.4, -0.2) is 18.4 Å². The van der Waals surface area contributed by atoms with Crippen molar-refractivity contribution >= 4 is 11.6 Å². The fourth-order valence-electron chi connectivity index (χ4n) is 1.82. The van der Waals surface area contributed by atoms with Crippen molar-refractivity contribution < 1.29 is 4.74 Å². The predicted molar refractivity (Wildman–Crippen MR) is 62.1 cm³/mol. The molecule has 1 heterocycles. The lowest BCUT2D eigenvalue weighted by Gasteiger charge is -2.17. The van der Waals surface area contributed by atoms with Crippen LogP contribution in [-0.2, 0) is 11.2 Å². The van der Waals surface area contributed by atoms with Crippen molar-refractivity contribution in [3.8, 4) is 0 Å². The number of halogens is 1. The zero-order valence-corrected chi connectivity index (χ0v) is 9.84. The molecule has 1 atom stereocenters. The van der Waals surface area contributed by atoms with Crippen LogP contribution in [0.3, 0.4) is 0 Å². The van der Waals surface area contributed by atoms with Crippen molar-refractivity contribution in [3.05, 3.63) is 34.9 Å². The van der Waals surface area contributed by atoms with Gasteiger partial charge in [-0.25, -0.2) is 0 Å². The lowest BCUT2D eigenvalue weighted by molar-refractivity contribution is -0.0136. The highest BCUT2D eigenvalue weighted by atomic mass is 35.5. The molecule has 15 heavy (non-hydrogen) atoms. The number of ether oxygens (including phenoxy) is 1. The average molecular weight is 226 g/mol. The molecule has 0 aliphatic carbocycles. The van der Waals surface area contributed by atoms with E-state index in [1.165, 1.54) is 5.56 Å². The molecular weight excluding hydrogens is 210 g/mol. The molecule has 0 bridgehead atoms. The molecule has 1 aromatic carbocycles. The topological polar surface area (TPSA) is 21.3 Å². The van der Waals surface area contributed by atoms with Crippen molar-refractivity contribution in [1.82, 2.24) is 5.32 Å². The van der Waals surface area contributed by atoms with Gasteiger partial charge in [0.05, 0.1) is 5.60 Å². The summed E-state index contributed by atoms with van der Waals surface area (Å²) in [5, 5.41) is 4.13. The Balaban J connectivity index is 1.99. The summed E-state index contributed by atoms with van der Waals surface area (Å²) >= 11 is 5.93. The van der Waals surface area contributed by atoms with E-state index < -0.39 is 0 Å². The molecule has 3 heteroatoms. The molecule has 1 aliphatic rings. The summed E-state index contributed by atoms with van der Waals surface area (Å²) in [5.74, 6) is 0. The van der Waals surface area contributed by atoms with E-state index in [0.717, 1.165) is 18.0 Å². The molecule has 2 nitrogen and oxygen atoms in total. The van der Waals surface area contributed by atoms with E-state index in [4.69, 9.17) is 16.3 Å². The Morgan fingerprint density at radius 1 is 1.53 bits per heavy atom. The third-order valence-corrected chi connectivity index (χ3v) is 2.76. The summed E-state index contributed by atoms with van der Waals surface area (Å²) in [7, 11) is 0. The minimum atomic E-state index is -0.0523. The monoisotopic (exact) mass is 225 g/mol. The van der Waals surface area contributed by atoms with Gasteiger partial charge in [0, 0.05) is 18.0 Å². The molecule has 0 radical (unpaired) electrons. The van der Waals surface area contributed by atoms with Gasteiger partial charge in [0.1, 0.15) is 6.23 Å². The number of hydrogen-bond acceptors (Lipinski definition) is 2. The van der Waals surface area contributed by atoms with E-state index in [-0.39, 0.29) is 11.8 Å². The standard InChI is InChI=1S/C12H16ClNO/c1-12(2)8-14-11(15-12)7-9-4-3-5-10(13)6-9/h3-6,11,14H,7-8H2,1-2H3. The quantitative estimate of drug-likeness (QED) is 0.836. The van der Waals surface area contributed by atoms with Crippen LogP contribution in [0.25, 0.3) is 0 Å². The first-order valence-corrected chi connectivity index (χ1v) is 5.59. The van der Waals surface area contributed by atoms with E-state index in [2.05, 4.69) is 25.2 Å². The van der Waals surface area contributed by atoms with Crippen LogP contribution in [0.15, 0.2) is 24.3 Å². The molecular formula is C12H16ClNO. The molecule has 1 aromatic rings. The van der Waals surface area contributed by atoms with E-state index in [9.17, 15) is 0 Å². The lowest BCUT2D eigenvalue weighted by atomic mass is 10.1. The fourth-order valence-corrected chi connectivity index (χ4v) is 2.03. The van der Waals surface area contributed by atoms with Gasteiger partial charge in [-0.3, -0.25) is 5.32 Å².